The maximum Gasteiger partial charge on any atom is 0.142 e. The summed E-state index contributed by atoms with van der Waals surface area (Å²) in [5.41, 5.74) is 2.16. The number of thiazole rings is 1. The van der Waals surface area contributed by atoms with E-state index in [2.05, 4.69) is 41.7 Å². The number of likely N-dealkylation sites (tertiary alicyclic amines) is 1. The Bertz CT molecular complexity index is 650. The largest absolute Gasteiger partial charge is 0.300 e. The van der Waals surface area contributed by atoms with Crippen LogP contribution in [-0.4, -0.2) is 39.0 Å². The van der Waals surface area contributed by atoms with Crippen molar-refractivity contribution < 1.29 is 0 Å². The van der Waals surface area contributed by atoms with Gasteiger partial charge in [-0.15, -0.1) is 11.3 Å². The summed E-state index contributed by atoms with van der Waals surface area (Å²) in [5.74, 6) is 1.36. The molecule has 0 saturated carbocycles. The van der Waals surface area contributed by atoms with Crippen molar-refractivity contribution in [3.8, 4) is 10.7 Å². The average molecular weight is 316 g/mol. The van der Waals surface area contributed by atoms with Crippen molar-refractivity contribution in [3.63, 3.8) is 0 Å². The zero-order valence-corrected chi connectivity index (χ0v) is 14.7. The van der Waals surface area contributed by atoms with Crippen molar-refractivity contribution in [2.45, 2.75) is 52.5 Å². The molecule has 1 aliphatic rings. The smallest absolute Gasteiger partial charge is 0.142 e. The van der Waals surface area contributed by atoms with Gasteiger partial charge in [-0.2, -0.15) is 0 Å². The molecule has 0 aliphatic carbocycles. The normalized spacial score (nSPS) is 19.8. The van der Waals surface area contributed by atoms with Crippen LogP contribution in [0.5, 0.6) is 0 Å². The van der Waals surface area contributed by atoms with E-state index in [1.54, 1.807) is 11.3 Å². The second-order valence-corrected chi connectivity index (χ2v) is 7.66. The van der Waals surface area contributed by atoms with Gasteiger partial charge in [-0.05, 0) is 53.1 Å². The molecule has 1 atom stereocenters. The van der Waals surface area contributed by atoms with Crippen molar-refractivity contribution in [3.05, 3.63) is 28.7 Å². The van der Waals surface area contributed by atoms with Crippen LogP contribution in [0.4, 0.5) is 0 Å². The number of rotatable bonds is 3. The maximum atomic E-state index is 4.72. The molecular weight excluding hydrogens is 292 g/mol. The lowest BCUT2D eigenvalue weighted by molar-refractivity contribution is 0.166. The molecule has 0 aromatic carbocycles. The molecule has 0 spiro atoms. The Kier molecular flexibility index (Phi) is 4.54. The molecule has 1 fully saturated rings. The molecule has 5 heteroatoms. The number of aromatic nitrogens is 3. The Hall–Kier alpha value is -1.33. The Morgan fingerprint density at radius 1 is 1.27 bits per heavy atom. The van der Waals surface area contributed by atoms with Gasteiger partial charge < -0.3 is 4.90 Å². The van der Waals surface area contributed by atoms with E-state index in [9.17, 15) is 0 Å². The highest BCUT2D eigenvalue weighted by molar-refractivity contribution is 7.14. The number of piperidine rings is 1. The first-order valence-corrected chi connectivity index (χ1v) is 8.87. The van der Waals surface area contributed by atoms with Crippen LogP contribution in [-0.2, 0) is 0 Å². The molecule has 4 nitrogen and oxygen atoms in total. The van der Waals surface area contributed by atoms with Crippen LogP contribution in [0.25, 0.3) is 10.7 Å². The van der Waals surface area contributed by atoms with E-state index in [1.165, 1.54) is 30.0 Å². The zero-order chi connectivity index (χ0) is 15.7. The van der Waals surface area contributed by atoms with Crippen LogP contribution in [0.2, 0.25) is 0 Å². The van der Waals surface area contributed by atoms with Crippen LogP contribution >= 0.6 is 11.3 Å². The summed E-state index contributed by atoms with van der Waals surface area (Å²) in [6.45, 7) is 10.9. The SMILES string of the molecule is Cc1nc(-c2ncc(C)s2)cc([C@H]2CCCN(C(C)C)C2)n1. The van der Waals surface area contributed by atoms with Crippen molar-refractivity contribution in [2.24, 2.45) is 0 Å². The molecule has 0 N–H and O–H groups in total. The van der Waals surface area contributed by atoms with Gasteiger partial charge in [0.05, 0.1) is 0 Å². The van der Waals surface area contributed by atoms with E-state index in [4.69, 9.17) is 4.98 Å². The fraction of sp³-hybridized carbons (Fsp3) is 0.588. The lowest BCUT2D eigenvalue weighted by Crippen LogP contribution is -2.39. The van der Waals surface area contributed by atoms with Gasteiger partial charge in [-0.3, -0.25) is 0 Å². The first-order valence-electron chi connectivity index (χ1n) is 8.05. The third-order valence-electron chi connectivity index (χ3n) is 4.30. The summed E-state index contributed by atoms with van der Waals surface area (Å²) in [6.07, 6.45) is 4.38. The summed E-state index contributed by atoms with van der Waals surface area (Å²) in [7, 11) is 0. The predicted octanol–water partition coefficient (Wildman–Crippen LogP) is 3.80. The second-order valence-electron chi connectivity index (χ2n) is 6.43. The second kappa shape index (κ2) is 6.42. The summed E-state index contributed by atoms with van der Waals surface area (Å²) < 4.78 is 0. The van der Waals surface area contributed by atoms with E-state index in [0.717, 1.165) is 23.1 Å². The molecule has 0 radical (unpaired) electrons. The van der Waals surface area contributed by atoms with Gasteiger partial charge in [0, 0.05) is 35.3 Å². The zero-order valence-electron chi connectivity index (χ0n) is 13.8. The van der Waals surface area contributed by atoms with Crippen LogP contribution in [0.15, 0.2) is 12.3 Å². The first kappa shape index (κ1) is 15.6. The molecule has 0 unspecified atom stereocenters. The number of aryl methyl sites for hydroxylation is 2. The fourth-order valence-corrected chi connectivity index (χ4v) is 3.82. The molecule has 118 valence electrons. The molecule has 22 heavy (non-hydrogen) atoms. The van der Waals surface area contributed by atoms with Crippen LogP contribution < -0.4 is 0 Å². The van der Waals surface area contributed by atoms with E-state index >= 15 is 0 Å². The van der Waals surface area contributed by atoms with Crippen molar-refractivity contribution in [1.82, 2.24) is 19.9 Å². The minimum absolute atomic E-state index is 0.512. The maximum absolute atomic E-state index is 4.72. The lowest BCUT2D eigenvalue weighted by atomic mass is 9.93. The summed E-state index contributed by atoms with van der Waals surface area (Å²) >= 11 is 1.70. The monoisotopic (exact) mass is 316 g/mol. The highest BCUT2D eigenvalue weighted by atomic mass is 32.1. The van der Waals surface area contributed by atoms with E-state index in [0.29, 0.717) is 12.0 Å². The Morgan fingerprint density at radius 3 is 2.77 bits per heavy atom. The third kappa shape index (κ3) is 3.36. The Balaban J connectivity index is 1.89. The number of hydrogen-bond acceptors (Lipinski definition) is 5. The van der Waals surface area contributed by atoms with Gasteiger partial charge in [0.15, 0.2) is 0 Å². The van der Waals surface area contributed by atoms with Crippen molar-refractivity contribution in [2.75, 3.05) is 13.1 Å². The van der Waals surface area contributed by atoms with Crippen LogP contribution in [0, 0.1) is 13.8 Å². The van der Waals surface area contributed by atoms with Gasteiger partial charge in [0.2, 0.25) is 0 Å². The quantitative estimate of drug-likeness (QED) is 0.863. The van der Waals surface area contributed by atoms with Gasteiger partial charge in [0.25, 0.3) is 0 Å². The minimum atomic E-state index is 0.512. The standard InChI is InChI=1S/C17H24N4S/c1-11(2)21-7-5-6-14(10-21)15-8-16(20-13(4)19-15)17-18-9-12(3)22-17/h8-9,11,14H,5-7,10H2,1-4H3/t14-/m0/s1. The molecule has 1 saturated heterocycles. The molecule has 1 aliphatic heterocycles. The topological polar surface area (TPSA) is 41.9 Å². The van der Waals surface area contributed by atoms with E-state index < -0.39 is 0 Å². The molecule has 2 aromatic rings. The minimum Gasteiger partial charge on any atom is -0.300 e. The predicted molar refractivity (Wildman–Crippen MR) is 91.3 cm³/mol. The molecule has 3 rings (SSSR count). The summed E-state index contributed by atoms with van der Waals surface area (Å²) in [4.78, 5) is 17.6. The average Bonchev–Trinajstić information content (AvgIpc) is 2.93. The number of hydrogen-bond donors (Lipinski definition) is 0. The molecule has 0 bridgehead atoms. The third-order valence-corrected chi connectivity index (χ3v) is 5.23. The fourth-order valence-electron chi connectivity index (χ4n) is 3.10. The van der Waals surface area contributed by atoms with E-state index in [1.807, 2.05) is 13.1 Å². The van der Waals surface area contributed by atoms with Crippen LogP contribution in [0.1, 0.15) is 49.0 Å². The molecule has 0 amide bonds. The molecular formula is C17H24N4S. The van der Waals surface area contributed by atoms with Gasteiger partial charge in [0.1, 0.15) is 16.5 Å². The Labute approximate surface area is 136 Å². The highest BCUT2D eigenvalue weighted by Gasteiger charge is 2.24. The highest BCUT2D eigenvalue weighted by Crippen LogP contribution is 2.30. The van der Waals surface area contributed by atoms with Gasteiger partial charge >= 0.3 is 0 Å². The van der Waals surface area contributed by atoms with Crippen molar-refractivity contribution in [1.29, 1.82) is 0 Å². The van der Waals surface area contributed by atoms with E-state index in [-0.39, 0.29) is 0 Å². The molecule has 3 heterocycles. The van der Waals surface area contributed by atoms with Crippen molar-refractivity contribution >= 4 is 11.3 Å². The van der Waals surface area contributed by atoms with Gasteiger partial charge in [-0.1, -0.05) is 0 Å². The Morgan fingerprint density at radius 2 is 2.09 bits per heavy atom. The lowest BCUT2D eigenvalue weighted by Gasteiger charge is -2.35. The van der Waals surface area contributed by atoms with Crippen LogP contribution in [0.3, 0.4) is 0 Å². The van der Waals surface area contributed by atoms with Gasteiger partial charge in [-0.25, -0.2) is 15.0 Å². The number of nitrogens with zero attached hydrogens (tertiary/aromatic N) is 4. The summed E-state index contributed by atoms with van der Waals surface area (Å²) in [6, 6.07) is 2.76. The first-order chi connectivity index (χ1) is 10.5. The summed E-state index contributed by atoms with van der Waals surface area (Å²) in [5, 5.41) is 1.00. The molecule has 2 aromatic heterocycles.